The van der Waals surface area contributed by atoms with E-state index < -0.39 is 10.9 Å². The number of nitro benzene ring substituents is 1. The molecule has 0 spiro atoms. The summed E-state index contributed by atoms with van der Waals surface area (Å²) in [7, 11) is 0. The van der Waals surface area contributed by atoms with Crippen LogP contribution < -0.4 is 5.32 Å². The van der Waals surface area contributed by atoms with Crippen LogP contribution >= 0.6 is 0 Å². The van der Waals surface area contributed by atoms with Crippen molar-refractivity contribution in [2.75, 3.05) is 5.32 Å². The Morgan fingerprint density at radius 1 is 1.58 bits per heavy atom. The van der Waals surface area contributed by atoms with Gasteiger partial charge in [-0.1, -0.05) is 13.3 Å². The van der Waals surface area contributed by atoms with Gasteiger partial charge < -0.3 is 10.4 Å². The van der Waals surface area contributed by atoms with E-state index in [0.29, 0.717) is 17.6 Å². The number of carboxylic acid groups (broad SMARTS) is 1. The molecule has 2 atom stereocenters. The minimum absolute atomic E-state index is 0.275. The van der Waals surface area contributed by atoms with Crippen LogP contribution in [0.4, 0.5) is 11.4 Å². The van der Waals surface area contributed by atoms with Gasteiger partial charge in [-0.25, -0.2) is 4.79 Å². The van der Waals surface area contributed by atoms with Crippen LogP contribution in [0.1, 0.15) is 36.5 Å². The maximum absolute atomic E-state index is 11.0. The van der Waals surface area contributed by atoms with Crippen molar-refractivity contribution in [3.8, 4) is 0 Å². The number of carbonyl (C=O) groups is 1. The largest absolute Gasteiger partial charge is 0.477 e. The number of hydrogen-bond donors (Lipinski definition) is 2. The highest BCUT2D eigenvalue weighted by atomic mass is 16.6. The lowest BCUT2D eigenvalue weighted by Crippen LogP contribution is -2.08. The van der Waals surface area contributed by atoms with Crippen molar-refractivity contribution < 1.29 is 14.8 Å². The average molecular weight is 264 g/mol. The summed E-state index contributed by atoms with van der Waals surface area (Å²) in [5, 5.41) is 23.0. The number of aromatic carboxylic acids is 1. The van der Waals surface area contributed by atoms with E-state index in [2.05, 4.69) is 12.2 Å². The Kier molecular flexibility index (Phi) is 3.69. The van der Waals surface area contributed by atoms with Gasteiger partial charge in [-0.05, 0) is 30.9 Å². The fourth-order valence-electron chi connectivity index (χ4n) is 2.28. The molecule has 102 valence electrons. The van der Waals surface area contributed by atoms with Crippen LogP contribution in [0.5, 0.6) is 0 Å². The lowest BCUT2D eigenvalue weighted by atomic mass is 10.1. The monoisotopic (exact) mass is 264 g/mol. The summed E-state index contributed by atoms with van der Waals surface area (Å²) < 4.78 is 0. The summed E-state index contributed by atoms with van der Waals surface area (Å²) in [6, 6.07) is 4.50. The van der Waals surface area contributed by atoms with Crippen molar-refractivity contribution in [2.24, 2.45) is 5.92 Å². The zero-order valence-corrected chi connectivity index (χ0v) is 10.6. The molecule has 6 nitrogen and oxygen atoms in total. The number of hydrogen-bond acceptors (Lipinski definition) is 4. The quantitative estimate of drug-likeness (QED) is 0.608. The summed E-state index contributed by atoms with van der Waals surface area (Å²) >= 11 is 0. The lowest BCUT2D eigenvalue weighted by Gasteiger charge is -2.07. The van der Waals surface area contributed by atoms with Crippen molar-refractivity contribution >= 4 is 17.3 Å². The second-order valence-corrected chi connectivity index (χ2v) is 4.83. The molecule has 1 aromatic rings. The third kappa shape index (κ3) is 3.01. The van der Waals surface area contributed by atoms with Crippen LogP contribution in [0.15, 0.2) is 18.2 Å². The van der Waals surface area contributed by atoms with Gasteiger partial charge in [0.15, 0.2) is 0 Å². The maximum atomic E-state index is 11.0. The third-order valence-corrected chi connectivity index (χ3v) is 3.36. The van der Waals surface area contributed by atoms with Crippen molar-refractivity contribution in [2.45, 2.75) is 32.2 Å². The Bertz CT molecular complexity index is 515. The number of nitrogens with one attached hydrogen (secondary N) is 1. The highest BCUT2D eigenvalue weighted by molar-refractivity contribution is 5.93. The predicted molar refractivity (Wildman–Crippen MR) is 70.5 cm³/mol. The molecule has 1 aliphatic carbocycles. The zero-order chi connectivity index (χ0) is 14.0. The van der Waals surface area contributed by atoms with Gasteiger partial charge >= 0.3 is 5.97 Å². The summed E-state index contributed by atoms with van der Waals surface area (Å²) in [6.45, 7) is 2.13. The Balaban J connectivity index is 2.13. The van der Waals surface area contributed by atoms with E-state index in [0.717, 1.165) is 19.3 Å². The molecule has 0 heterocycles. The summed E-state index contributed by atoms with van der Waals surface area (Å²) in [5.74, 6) is -0.648. The number of nitro groups is 1. The molecule has 1 saturated carbocycles. The van der Waals surface area contributed by atoms with Crippen LogP contribution in [0.3, 0.4) is 0 Å². The van der Waals surface area contributed by atoms with Gasteiger partial charge in [-0.2, -0.15) is 0 Å². The zero-order valence-electron chi connectivity index (χ0n) is 10.6. The predicted octanol–water partition coefficient (Wildman–Crippen LogP) is 2.89. The normalized spacial score (nSPS) is 20.9. The molecule has 0 bridgehead atoms. The van der Waals surface area contributed by atoms with Gasteiger partial charge in [0.1, 0.15) is 5.56 Å². The molecule has 2 N–H and O–H groups in total. The van der Waals surface area contributed by atoms with Crippen LogP contribution in [-0.4, -0.2) is 22.0 Å². The highest BCUT2D eigenvalue weighted by Gasteiger charge is 2.36. The first-order valence-corrected chi connectivity index (χ1v) is 6.31. The smallest absolute Gasteiger partial charge is 0.342 e. The average Bonchev–Trinajstić information content (AvgIpc) is 3.07. The fraction of sp³-hybridized carbons (Fsp3) is 0.462. The van der Waals surface area contributed by atoms with Crippen molar-refractivity contribution in [3.63, 3.8) is 0 Å². The molecule has 0 radical (unpaired) electrons. The second kappa shape index (κ2) is 5.26. The minimum Gasteiger partial charge on any atom is -0.477 e. The first-order chi connectivity index (χ1) is 9.02. The van der Waals surface area contributed by atoms with Crippen molar-refractivity contribution in [1.29, 1.82) is 0 Å². The molecule has 1 aliphatic rings. The number of nitrogens with zero attached hydrogens (tertiary/aromatic N) is 1. The van der Waals surface area contributed by atoms with Gasteiger partial charge in [0.25, 0.3) is 5.69 Å². The van der Waals surface area contributed by atoms with Gasteiger partial charge in [-0.3, -0.25) is 10.1 Å². The van der Waals surface area contributed by atoms with E-state index in [9.17, 15) is 14.9 Å². The number of carboxylic acids is 1. The van der Waals surface area contributed by atoms with E-state index in [1.165, 1.54) is 12.1 Å². The number of anilines is 1. The number of benzene rings is 1. The Morgan fingerprint density at radius 2 is 2.32 bits per heavy atom. The van der Waals surface area contributed by atoms with Gasteiger partial charge in [0.2, 0.25) is 0 Å². The highest BCUT2D eigenvalue weighted by Crippen LogP contribution is 2.37. The molecule has 19 heavy (non-hydrogen) atoms. The second-order valence-electron chi connectivity index (χ2n) is 4.83. The van der Waals surface area contributed by atoms with Crippen LogP contribution in [-0.2, 0) is 0 Å². The molecular formula is C13H16N2O4. The summed E-state index contributed by atoms with van der Waals surface area (Å²) in [5.41, 5.74) is -0.0201. The van der Waals surface area contributed by atoms with E-state index in [-0.39, 0.29) is 11.3 Å². The molecule has 2 unspecified atom stereocenters. The lowest BCUT2D eigenvalue weighted by molar-refractivity contribution is -0.385. The summed E-state index contributed by atoms with van der Waals surface area (Å²) in [6.07, 6.45) is 3.35. The molecular weight excluding hydrogens is 248 g/mol. The third-order valence-electron chi connectivity index (χ3n) is 3.36. The molecule has 1 aromatic carbocycles. The summed E-state index contributed by atoms with van der Waals surface area (Å²) in [4.78, 5) is 21.1. The molecule has 6 heteroatoms. The van der Waals surface area contributed by atoms with E-state index in [4.69, 9.17) is 5.11 Å². The molecule has 0 amide bonds. The van der Waals surface area contributed by atoms with E-state index >= 15 is 0 Å². The molecule has 2 rings (SSSR count). The van der Waals surface area contributed by atoms with Crippen molar-refractivity contribution in [3.05, 3.63) is 33.9 Å². The van der Waals surface area contributed by atoms with Crippen LogP contribution in [0, 0.1) is 16.0 Å². The fourth-order valence-corrected chi connectivity index (χ4v) is 2.28. The standard InChI is InChI=1S/C13H16N2O4/c1-2-3-8-6-11(8)14-9-4-5-12(15(18)19)10(7-9)13(16)17/h4-5,7-8,11,14H,2-3,6H2,1H3,(H,16,17). The van der Waals surface area contributed by atoms with Gasteiger partial charge in [0.05, 0.1) is 4.92 Å². The Morgan fingerprint density at radius 3 is 2.89 bits per heavy atom. The molecule has 0 saturated heterocycles. The molecule has 0 aliphatic heterocycles. The maximum Gasteiger partial charge on any atom is 0.342 e. The Hall–Kier alpha value is -2.11. The van der Waals surface area contributed by atoms with E-state index in [1.807, 2.05) is 0 Å². The first kappa shape index (κ1) is 13.3. The SMILES string of the molecule is CCCC1CC1Nc1ccc([N+](=O)[O-])c(C(=O)O)c1. The van der Waals surface area contributed by atoms with Crippen LogP contribution in [0.25, 0.3) is 0 Å². The number of rotatable bonds is 6. The molecule has 1 fully saturated rings. The first-order valence-electron chi connectivity index (χ1n) is 6.31. The van der Waals surface area contributed by atoms with Gasteiger partial charge in [0, 0.05) is 17.8 Å². The van der Waals surface area contributed by atoms with Crippen LogP contribution in [0.2, 0.25) is 0 Å². The van der Waals surface area contributed by atoms with Crippen molar-refractivity contribution in [1.82, 2.24) is 0 Å². The van der Waals surface area contributed by atoms with Gasteiger partial charge in [-0.15, -0.1) is 0 Å². The topological polar surface area (TPSA) is 92.5 Å². The molecule has 0 aromatic heterocycles. The minimum atomic E-state index is -1.28. The Labute approximate surface area is 110 Å². The van der Waals surface area contributed by atoms with E-state index in [1.54, 1.807) is 6.07 Å².